The summed E-state index contributed by atoms with van der Waals surface area (Å²) in [5.41, 5.74) is 1.62. The maximum atomic E-state index is 13.8. The Bertz CT molecular complexity index is 958. The number of hydrogen-bond acceptors (Lipinski definition) is 4. The molecule has 27 heavy (non-hydrogen) atoms. The SMILES string of the molecule is CCOC(=O)c1cc(-c2ccccc2)sc1NC(=S)Nc1ccccc1F. The van der Waals surface area contributed by atoms with Crippen molar-refractivity contribution < 1.29 is 13.9 Å². The Morgan fingerprint density at radius 2 is 1.81 bits per heavy atom. The van der Waals surface area contributed by atoms with Crippen LogP contribution in [-0.2, 0) is 4.74 Å². The monoisotopic (exact) mass is 400 g/mol. The molecule has 0 fully saturated rings. The number of nitrogens with one attached hydrogen (secondary N) is 2. The molecule has 4 nitrogen and oxygen atoms in total. The minimum atomic E-state index is -0.438. The predicted octanol–water partition coefficient (Wildman–Crippen LogP) is 5.54. The van der Waals surface area contributed by atoms with Gasteiger partial charge in [-0.1, -0.05) is 42.5 Å². The summed E-state index contributed by atoms with van der Waals surface area (Å²) in [5, 5.41) is 6.52. The van der Waals surface area contributed by atoms with Gasteiger partial charge in [0.2, 0.25) is 0 Å². The molecule has 1 aromatic heterocycles. The first-order chi connectivity index (χ1) is 13.1. The molecule has 0 aliphatic carbocycles. The number of thiocarbonyl (C=S) groups is 1. The molecule has 0 bridgehead atoms. The second-order valence-corrected chi connectivity index (χ2v) is 6.96. The molecular formula is C20H17FN2O2S2. The maximum Gasteiger partial charge on any atom is 0.341 e. The second kappa shape index (κ2) is 8.75. The number of carbonyl (C=O) groups excluding carboxylic acids is 1. The minimum Gasteiger partial charge on any atom is -0.462 e. The Labute approximate surface area is 166 Å². The highest BCUT2D eigenvalue weighted by Crippen LogP contribution is 2.36. The van der Waals surface area contributed by atoms with E-state index in [0.717, 1.165) is 10.4 Å². The van der Waals surface area contributed by atoms with Crippen LogP contribution in [0.2, 0.25) is 0 Å². The summed E-state index contributed by atoms with van der Waals surface area (Å²) >= 11 is 6.66. The molecule has 0 saturated heterocycles. The quantitative estimate of drug-likeness (QED) is 0.435. The minimum absolute atomic E-state index is 0.187. The van der Waals surface area contributed by atoms with E-state index in [-0.39, 0.29) is 17.4 Å². The molecule has 2 N–H and O–H groups in total. The van der Waals surface area contributed by atoms with Crippen LogP contribution in [0.5, 0.6) is 0 Å². The van der Waals surface area contributed by atoms with Crippen molar-refractivity contribution in [2.75, 3.05) is 17.2 Å². The third-order valence-electron chi connectivity index (χ3n) is 3.63. The lowest BCUT2D eigenvalue weighted by Gasteiger charge is -2.11. The van der Waals surface area contributed by atoms with Gasteiger partial charge in [-0.2, -0.15) is 0 Å². The van der Waals surface area contributed by atoms with Gasteiger partial charge < -0.3 is 15.4 Å². The van der Waals surface area contributed by atoms with Gasteiger partial charge in [-0.05, 0) is 42.9 Å². The molecule has 0 aliphatic rings. The molecule has 138 valence electrons. The van der Waals surface area contributed by atoms with E-state index < -0.39 is 11.8 Å². The number of anilines is 2. The zero-order valence-electron chi connectivity index (χ0n) is 14.5. The number of halogens is 1. The van der Waals surface area contributed by atoms with Crippen LogP contribution in [0.1, 0.15) is 17.3 Å². The number of carbonyl (C=O) groups is 1. The Balaban J connectivity index is 1.86. The lowest BCUT2D eigenvalue weighted by Crippen LogP contribution is -2.20. The van der Waals surface area contributed by atoms with Crippen molar-refractivity contribution in [3.05, 3.63) is 72.0 Å². The number of ether oxygens (including phenoxy) is 1. The topological polar surface area (TPSA) is 50.4 Å². The molecule has 0 amide bonds. The first-order valence-electron chi connectivity index (χ1n) is 8.27. The van der Waals surface area contributed by atoms with E-state index in [1.54, 1.807) is 31.2 Å². The zero-order valence-corrected chi connectivity index (χ0v) is 16.1. The van der Waals surface area contributed by atoms with E-state index >= 15 is 0 Å². The fourth-order valence-electron chi connectivity index (χ4n) is 2.41. The second-order valence-electron chi connectivity index (χ2n) is 5.50. The Kier molecular flexibility index (Phi) is 6.16. The highest BCUT2D eigenvalue weighted by molar-refractivity contribution is 7.80. The van der Waals surface area contributed by atoms with Crippen LogP contribution in [0.4, 0.5) is 15.1 Å². The summed E-state index contributed by atoms with van der Waals surface area (Å²) in [6.07, 6.45) is 0. The van der Waals surface area contributed by atoms with Gasteiger partial charge in [0.05, 0.1) is 17.9 Å². The van der Waals surface area contributed by atoms with Crippen LogP contribution < -0.4 is 10.6 Å². The lowest BCUT2D eigenvalue weighted by molar-refractivity contribution is 0.0528. The van der Waals surface area contributed by atoms with E-state index in [9.17, 15) is 9.18 Å². The third kappa shape index (κ3) is 4.69. The average Bonchev–Trinajstić information content (AvgIpc) is 3.08. The molecule has 0 spiro atoms. The van der Waals surface area contributed by atoms with Crippen molar-refractivity contribution in [3.63, 3.8) is 0 Å². The van der Waals surface area contributed by atoms with E-state index in [1.807, 2.05) is 30.3 Å². The average molecular weight is 401 g/mol. The third-order valence-corrected chi connectivity index (χ3v) is 4.94. The van der Waals surface area contributed by atoms with Crippen LogP contribution in [0.25, 0.3) is 10.4 Å². The highest BCUT2D eigenvalue weighted by Gasteiger charge is 2.19. The van der Waals surface area contributed by atoms with Gasteiger partial charge in [0.25, 0.3) is 0 Å². The fraction of sp³-hybridized carbons (Fsp3) is 0.100. The first kappa shape index (κ1) is 19.0. The van der Waals surface area contributed by atoms with Gasteiger partial charge in [0.1, 0.15) is 10.8 Å². The normalized spacial score (nSPS) is 10.3. The summed E-state index contributed by atoms with van der Waals surface area (Å²) < 4.78 is 18.9. The summed E-state index contributed by atoms with van der Waals surface area (Å²) in [6, 6.07) is 17.7. The Morgan fingerprint density at radius 1 is 1.11 bits per heavy atom. The van der Waals surface area contributed by atoms with E-state index in [0.29, 0.717) is 10.6 Å². The molecule has 0 radical (unpaired) electrons. The number of thiophene rings is 1. The largest absolute Gasteiger partial charge is 0.462 e. The van der Waals surface area contributed by atoms with Crippen molar-refractivity contribution in [1.29, 1.82) is 0 Å². The van der Waals surface area contributed by atoms with Crippen LogP contribution in [0.15, 0.2) is 60.7 Å². The van der Waals surface area contributed by atoms with Crippen molar-refractivity contribution in [3.8, 4) is 10.4 Å². The van der Waals surface area contributed by atoms with Crippen LogP contribution in [0, 0.1) is 5.82 Å². The van der Waals surface area contributed by atoms with Gasteiger partial charge in [-0.3, -0.25) is 0 Å². The molecule has 0 atom stereocenters. The molecule has 3 aromatic rings. The highest BCUT2D eigenvalue weighted by atomic mass is 32.1. The van der Waals surface area contributed by atoms with Crippen molar-refractivity contribution >= 4 is 45.3 Å². The molecule has 7 heteroatoms. The zero-order chi connectivity index (χ0) is 19.2. The predicted molar refractivity (Wildman–Crippen MR) is 112 cm³/mol. The van der Waals surface area contributed by atoms with E-state index in [2.05, 4.69) is 10.6 Å². The molecular weight excluding hydrogens is 383 g/mol. The molecule has 0 aliphatic heterocycles. The van der Waals surface area contributed by atoms with E-state index in [1.165, 1.54) is 17.4 Å². The van der Waals surface area contributed by atoms with Gasteiger partial charge in [-0.25, -0.2) is 9.18 Å². The van der Waals surface area contributed by atoms with Crippen LogP contribution in [-0.4, -0.2) is 17.7 Å². The van der Waals surface area contributed by atoms with Crippen molar-refractivity contribution in [2.24, 2.45) is 0 Å². The van der Waals surface area contributed by atoms with Crippen molar-refractivity contribution in [2.45, 2.75) is 6.92 Å². The Morgan fingerprint density at radius 3 is 2.52 bits per heavy atom. The number of esters is 1. The number of rotatable bonds is 5. The maximum absolute atomic E-state index is 13.8. The number of hydrogen-bond donors (Lipinski definition) is 2. The Hall–Kier alpha value is -2.77. The van der Waals surface area contributed by atoms with E-state index in [4.69, 9.17) is 17.0 Å². The fourth-order valence-corrected chi connectivity index (χ4v) is 3.74. The molecule has 3 rings (SSSR count). The van der Waals surface area contributed by atoms with Gasteiger partial charge in [0, 0.05) is 4.88 Å². The van der Waals surface area contributed by atoms with Gasteiger partial charge >= 0.3 is 5.97 Å². The standard InChI is InChI=1S/C20H17FN2O2S2/c1-2-25-19(24)14-12-17(13-8-4-3-5-9-13)27-18(14)23-20(26)22-16-11-7-6-10-15(16)21/h3-12H,2H2,1H3,(H2,22,23,26). The van der Waals surface area contributed by atoms with Gasteiger partial charge in [-0.15, -0.1) is 11.3 Å². The smallest absolute Gasteiger partial charge is 0.341 e. The molecule has 0 saturated carbocycles. The lowest BCUT2D eigenvalue weighted by atomic mass is 10.1. The number of para-hydroxylation sites is 1. The summed E-state index contributed by atoms with van der Waals surface area (Å²) in [7, 11) is 0. The molecule has 1 heterocycles. The van der Waals surface area contributed by atoms with Crippen LogP contribution in [0.3, 0.4) is 0 Å². The molecule has 0 unspecified atom stereocenters. The first-order valence-corrected chi connectivity index (χ1v) is 9.50. The number of benzene rings is 2. The molecule has 2 aromatic carbocycles. The summed E-state index contributed by atoms with van der Waals surface area (Å²) in [5.74, 6) is -0.851. The van der Waals surface area contributed by atoms with Gasteiger partial charge in [0.15, 0.2) is 5.11 Å². The van der Waals surface area contributed by atoms with Crippen LogP contribution >= 0.6 is 23.6 Å². The summed E-state index contributed by atoms with van der Waals surface area (Å²) in [6.45, 7) is 2.02. The van der Waals surface area contributed by atoms with Crippen molar-refractivity contribution in [1.82, 2.24) is 0 Å². The summed E-state index contributed by atoms with van der Waals surface area (Å²) in [4.78, 5) is 13.2.